The van der Waals surface area contributed by atoms with Crippen LogP contribution in [0, 0.1) is 0 Å². The molecule has 2 rings (SSSR count). The molecule has 4 nitrogen and oxygen atoms in total. The molecule has 0 aliphatic carbocycles. The topological polar surface area (TPSA) is 41.7 Å². The highest BCUT2D eigenvalue weighted by molar-refractivity contribution is 5.36. The highest BCUT2D eigenvalue weighted by Crippen LogP contribution is 2.31. The van der Waals surface area contributed by atoms with Crippen LogP contribution in [0.15, 0.2) is 24.3 Å². The fourth-order valence-electron chi connectivity index (χ4n) is 3.35. The second kappa shape index (κ2) is 7.78. The van der Waals surface area contributed by atoms with Gasteiger partial charge in [0.15, 0.2) is 0 Å². The zero-order chi connectivity index (χ0) is 15.2. The summed E-state index contributed by atoms with van der Waals surface area (Å²) in [5.41, 5.74) is 7.28. The van der Waals surface area contributed by atoms with E-state index in [9.17, 15) is 0 Å². The molecule has 0 radical (unpaired) electrons. The van der Waals surface area contributed by atoms with Crippen LogP contribution in [-0.4, -0.2) is 56.2 Å². The summed E-state index contributed by atoms with van der Waals surface area (Å²) in [4.78, 5) is 4.97. The summed E-state index contributed by atoms with van der Waals surface area (Å²) in [7, 11) is 3.93. The van der Waals surface area contributed by atoms with E-state index < -0.39 is 0 Å². The van der Waals surface area contributed by atoms with Crippen molar-refractivity contribution in [3.63, 3.8) is 0 Å². The van der Waals surface area contributed by atoms with Crippen molar-refractivity contribution >= 4 is 0 Å². The van der Waals surface area contributed by atoms with Gasteiger partial charge in [-0.15, -0.1) is 0 Å². The number of likely N-dealkylation sites (N-methyl/N-ethyl adjacent to an activating group) is 1. The number of nitrogens with two attached hydrogens (primary N) is 1. The highest BCUT2D eigenvalue weighted by Gasteiger charge is 2.28. The average molecular weight is 291 g/mol. The summed E-state index contributed by atoms with van der Waals surface area (Å²) in [6.07, 6.45) is 2.44. The molecule has 4 heteroatoms. The molecule has 0 amide bonds. The molecule has 1 unspecified atom stereocenters. The van der Waals surface area contributed by atoms with Crippen molar-refractivity contribution < 1.29 is 4.74 Å². The van der Waals surface area contributed by atoms with Crippen molar-refractivity contribution in [2.45, 2.75) is 31.8 Å². The van der Waals surface area contributed by atoms with Crippen LogP contribution in [0.2, 0.25) is 0 Å². The lowest BCUT2D eigenvalue weighted by Gasteiger charge is -2.40. The number of hydrogen-bond acceptors (Lipinski definition) is 4. The SMILES string of the molecule is CCN1CCC(N(C)C(CN)c2ccccc2OC)CC1. The minimum atomic E-state index is 0.222. The standard InChI is InChI=1S/C17H29N3O/c1-4-20-11-9-14(10-12-20)19(2)16(13-18)15-7-5-6-8-17(15)21-3/h5-8,14,16H,4,9-13,18H2,1-3H3. The number of ether oxygens (including phenoxy) is 1. The summed E-state index contributed by atoms with van der Waals surface area (Å²) < 4.78 is 5.51. The molecule has 1 aliphatic rings. The van der Waals surface area contributed by atoms with E-state index in [2.05, 4.69) is 35.9 Å². The molecule has 0 aromatic heterocycles. The predicted octanol–water partition coefficient (Wildman–Crippen LogP) is 2.11. The Labute approximate surface area is 128 Å². The minimum Gasteiger partial charge on any atom is -0.496 e. The third-order valence-corrected chi connectivity index (χ3v) is 4.79. The Hall–Kier alpha value is -1.10. The van der Waals surface area contributed by atoms with E-state index in [1.165, 1.54) is 31.5 Å². The van der Waals surface area contributed by atoms with Gasteiger partial charge in [0.25, 0.3) is 0 Å². The monoisotopic (exact) mass is 291 g/mol. The van der Waals surface area contributed by atoms with E-state index in [1.807, 2.05) is 12.1 Å². The third kappa shape index (κ3) is 3.76. The second-order valence-electron chi connectivity index (χ2n) is 5.82. The van der Waals surface area contributed by atoms with E-state index in [4.69, 9.17) is 10.5 Å². The van der Waals surface area contributed by atoms with Gasteiger partial charge in [-0.25, -0.2) is 0 Å². The number of rotatable bonds is 6. The van der Waals surface area contributed by atoms with E-state index in [1.54, 1.807) is 7.11 Å². The van der Waals surface area contributed by atoms with Crippen LogP contribution >= 0.6 is 0 Å². The van der Waals surface area contributed by atoms with E-state index in [0.29, 0.717) is 12.6 Å². The zero-order valence-electron chi connectivity index (χ0n) is 13.6. The van der Waals surface area contributed by atoms with Gasteiger partial charge < -0.3 is 15.4 Å². The number of likely N-dealkylation sites (tertiary alicyclic amines) is 1. The summed E-state index contributed by atoms with van der Waals surface area (Å²) in [6, 6.07) is 9.05. The van der Waals surface area contributed by atoms with Gasteiger partial charge in [0.1, 0.15) is 5.75 Å². The predicted molar refractivity (Wildman–Crippen MR) is 87.7 cm³/mol. The molecule has 1 aromatic rings. The maximum Gasteiger partial charge on any atom is 0.123 e. The van der Waals surface area contributed by atoms with Crippen LogP contribution < -0.4 is 10.5 Å². The molecule has 21 heavy (non-hydrogen) atoms. The van der Waals surface area contributed by atoms with Gasteiger partial charge in [0.2, 0.25) is 0 Å². The number of para-hydroxylation sites is 1. The Balaban J connectivity index is 2.10. The first kappa shape index (κ1) is 16.3. The van der Waals surface area contributed by atoms with Crippen molar-refractivity contribution in [2.24, 2.45) is 5.73 Å². The van der Waals surface area contributed by atoms with Crippen molar-refractivity contribution in [2.75, 3.05) is 40.3 Å². The van der Waals surface area contributed by atoms with Crippen LogP contribution in [-0.2, 0) is 0 Å². The largest absolute Gasteiger partial charge is 0.496 e. The smallest absolute Gasteiger partial charge is 0.123 e. The van der Waals surface area contributed by atoms with Crippen LogP contribution in [0.25, 0.3) is 0 Å². The Kier molecular flexibility index (Phi) is 6.03. The number of nitrogens with zero attached hydrogens (tertiary/aromatic N) is 2. The lowest BCUT2D eigenvalue weighted by atomic mass is 9.98. The van der Waals surface area contributed by atoms with Gasteiger partial charge in [-0.3, -0.25) is 4.90 Å². The molecule has 1 heterocycles. The molecule has 1 aliphatic heterocycles. The Morgan fingerprint density at radius 2 is 2.00 bits per heavy atom. The second-order valence-corrected chi connectivity index (χ2v) is 5.82. The lowest BCUT2D eigenvalue weighted by molar-refractivity contribution is 0.0997. The molecule has 118 valence electrons. The molecule has 0 saturated carbocycles. The Bertz CT molecular complexity index is 430. The van der Waals surface area contributed by atoms with Gasteiger partial charge in [0.05, 0.1) is 13.2 Å². The summed E-state index contributed by atoms with van der Waals surface area (Å²) in [6.45, 7) is 6.39. The molecule has 2 N–H and O–H groups in total. The molecule has 0 spiro atoms. The summed E-state index contributed by atoms with van der Waals surface area (Å²) in [5, 5.41) is 0. The van der Waals surface area contributed by atoms with Crippen LogP contribution in [0.3, 0.4) is 0 Å². The maximum absolute atomic E-state index is 6.08. The van der Waals surface area contributed by atoms with Gasteiger partial charge in [0, 0.05) is 18.2 Å². The molecule has 1 fully saturated rings. The number of hydrogen-bond donors (Lipinski definition) is 1. The highest BCUT2D eigenvalue weighted by atomic mass is 16.5. The van der Waals surface area contributed by atoms with Gasteiger partial charge in [-0.2, -0.15) is 0 Å². The fraction of sp³-hybridized carbons (Fsp3) is 0.647. The first-order chi connectivity index (χ1) is 10.2. The number of methoxy groups -OCH3 is 1. The van der Waals surface area contributed by atoms with Crippen LogP contribution in [0.4, 0.5) is 0 Å². The quantitative estimate of drug-likeness (QED) is 0.871. The summed E-state index contributed by atoms with van der Waals surface area (Å²) >= 11 is 0. The molecule has 1 saturated heterocycles. The molecule has 1 aromatic carbocycles. The molecule has 0 bridgehead atoms. The zero-order valence-corrected chi connectivity index (χ0v) is 13.6. The molecule has 1 atom stereocenters. The van der Waals surface area contributed by atoms with Crippen molar-refractivity contribution in [1.82, 2.24) is 9.80 Å². The van der Waals surface area contributed by atoms with Crippen molar-refractivity contribution in [3.8, 4) is 5.75 Å². The normalized spacial score (nSPS) is 18.9. The number of benzene rings is 1. The van der Waals surface area contributed by atoms with E-state index >= 15 is 0 Å². The van der Waals surface area contributed by atoms with E-state index in [0.717, 1.165) is 12.3 Å². The molecular formula is C17H29N3O. The summed E-state index contributed by atoms with van der Waals surface area (Å²) in [5.74, 6) is 0.936. The van der Waals surface area contributed by atoms with Crippen LogP contribution in [0.1, 0.15) is 31.4 Å². The number of piperidine rings is 1. The Morgan fingerprint density at radius 1 is 1.33 bits per heavy atom. The molecular weight excluding hydrogens is 262 g/mol. The van der Waals surface area contributed by atoms with Gasteiger partial charge >= 0.3 is 0 Å². The van der Waals surface area contributed by atoms with Crippen LogP contribution in [0.5, 0.6) is 5.75 Å². The van der Waals surface area contributed by atoms with E-state index in [-0.39, 0.29) is 6.04 Å². The maximum atomic E-state index is 6.08. The average Bonchev–Trinajstić information content (AvgIpc) is 2.56. The first-order valence-electron chi connectivity index (χ1n) is 7.98. The van der Waals surface area contributed by atoms with Gasteiger partial charge in [-0.1, -0.05) is 25.1 Å². The lowest BCUT2D eigenvalue weighted by Crippen LogP contribution is -2.46. The van der Waals surface area contributed by atoms with Crippen molar-refractivity contribution in [1.29, 1.82) is 0 Å². The fourth-order valence-corrected chi connectivity index (χ4v) is 3.35. The minimum absolute atomic E-state index is 0.222. The van der Waals surface area contributed by atoms with Crippen molar-refractivity contribution in [3.05, 3.63) is 29.8 Å². The third-order valence-electron chi connectivity index (χ3n) is 4.79. The van der Waals surface area contributed by atoms with Gasteiger partial charge in [-0.05, 0) is 45.6 Å². The Morgan fingerprint density at radius 3 is 2.57 bits per heavy atom. The first-order valence-corrected chi connectivity index (χ1v) is 7.98.